The van der Waals surface area contributed by atoms with E-state index in [1.807, 2.05) is 36.9 Å². The van der Waals surface area contributed by atoms with Crippen LogP contribution in [0.1, 0.15) is 37.3 Å². The van der Waals surface area contributed by atoms with E-state index < -0.39 is 0 Å². The zero-order valence-electron chi connectivity index (χ0n) is 14.2. The smallest absolute Gasteiger partial charge is 0.244 e. The van der Waals surface area contributed by atoms with Gasteiger partial charge in [0.05, 0.1) is 0 Å². The molecule has 1 amide bonds. The van der Waals surface area contributed by atoms with Gasteiger partial charge in [0.25, 0.3) is 0 Å². The summed E-state index contributed by atoms with van der Waals surface area (Å²) in [5.74, 6) is 0.194. The molecule has 3 nitrogen and oxygen atoms in total. The Morgan fingerprint density at radius 3 is 2.22 bits per heavy atom. The molecule has 0 aliphatic heterocycles. The molecule has 2 rings (SSSR count). The molecule has 1 heterocycles. The molecule has 1 unspecified atom stereocenters. The van der Waals surface area contributed by atoms with Gasteiger partial charge >= 0.3 is 0 Å². The predicted octanol–water partition coefficient (Wildman–Crippen LogP) is 4.18. The van der Waals surface area contributed by atoms with Crippen molar-refractivity contribution in [1.82, 2.24) is 9.80 Å². The summed E-state index contributed by atoms with van der Waals surface area (Å²) in [6.45, 7) is 9.34. The summed E-state index contributed by atoms with van der Waals surface area (Å²) in [5, 5.41) is 2.09. The Hall–Kier alpha value is -1.65. The largest absolute Gasteiger partial charge is 0.342 e. The number of carbonyl (C=O) groups excluding carboxylic acids is 1. The maximum Gasteiger partial charge on any atom is 0.244 e. The first-order valence-electron chi connectivity index (χ1n) is 8.31. The maximum absolute atomic E-state index is 13.1. The zero-order chi connectivity index (χ0) is 16.7. The van der Waals surface area contributed by atoms with Crippen LogP contribution in [0.4, 0.5) is 0 Å². The van der Waals surface area contributed by atoms with Gasteiger partial charge in [-0.2, -0.15) is 0 Å². The fourth-order valence-corrected chi connectivity index (χ4v) is 3.57. The third-order valence-electron chi connectivity index (χ3n) is 4.13. The van der Waals surface area contributed by atoms with Crippen molar-refractivity contribution in [1.29, 1.82) is 0 Å². The van der Waals surface area contributed by atoms with Crippen LogP contribution in [-0.2, 0) is 11.3 Å². The first-order chi connectivity index (χ1) is 11.2. The summed E-state index contributed by atoms with van der Waals surface area (Å²) in [4.78, 5) is 18.6. The number of benzene rings is 1. The van der Waals surface area contributed by atoms with E-state index in [0.29, 0.717) is 0 Å². The van der Waals surface area contributed by atoms with Crippen LogP contribution in [0.25, 0.3) is 0 Å². The molecule has 1 aromatic carbocycles. The monoisotopic (exact) mass is 330 g/mol. The lowest BCUT2D eigenvalue weighted by Crippen LogP contribution is -2.42. The van der Waals surface area contributed by atoms with Crippen molar-refractivity contribution >= 4 is 17.2 Å². The summed E-state index contributed by atoms with van der Waals surface area (Å²) in [6, 6.07) is 14.1. The number of nitrogens with zero attached hydrogens (tertiary/aromatic N) is 2. The minimum atomic E-state index is -0.219. The van der Waals surface area contributed by atoms with Crippen LogP contribution in [0.3, 0.4) is 0 Å². The highest BCUT2D eigenvalue weighted by Crippen LogP contribution is 2.26. The van der Waals surface area contributed by atoms with Crippen molar-refractivity contribution in [2.45, 2.75) is 33.4 Å². The quantitative estimate of drug-likeness (QED) is 0.725. The molecule has 0 spiro atoms. The van der Waals surface area contributed by atoms with Gasteiger partial charge in [0, 0.05) is 24.5 Å². The van der Waals surface area contributed by atoms with Gasteiger partial charge in [-0.1, -0.05) is 43.3 Å². The van der Waals surface area contributed by atoms with Crippen molar-refractivity contribution in [2.24, 2.45) is 0 Å². The molecule has 0 aliphatic rings. The average molecular weight is 330 g/mol. The summed E-state index contributed by atoms with van der Waals surface area (Å²) in [5.41, 5.74) is 1.07. The molecule has 0 bridgehead atoms. The van der Waals surface area contributed by atoms with Gasteiger partial charge in [-0.05, 0) is 37.4 Å². The second-order valence-electron chi connectivity index (χ2n) is 5.47. The van der Waals surface area contributed by atoms with E-state index in [4.69, 9.17) is 0 Å². The summed E-state index contributed by atoms with van der Waals surface area (Å²) in [6.07, 6.45) is 0. The Morgan fingerprint density at radius 2 is 1.70 bits per heavy atom. The van der Waals surface area contributed by atoms with Gasteiger partial charge in [-0.25, -0.2) is 0 Å². The predicted molar refractivity (Wildman–Crippen MR) is 97.5 cm³/mol. The van der Waals surface area contributed by atoms with Gasteiger partial charge in [0.15, 0.2) is 0 Å². The Balaban J connectivity index is 2.33. The van der Waals surface area contributed by atoms with Crippen molar-refractivity contribution in [3.8, 4) is 0 Å². The number of amides is 1. The average Bonchev–Trinajstić information content (AvgIpc) is 3.09. The van der Waals surface area contributed by atoms with Crippen molar-refractivity contribution in [2.75, 3.05) is 19.6 Å². The number of carbonyl (C=O) groups is 1. The van der Waals surface area contributed by atoms with Gasteiger partial charge in [0.2, 0.25) is 5.91 Å². The molecule has 1 atom stereocenters. The molecule has 0 aliphatic carbocycles. The highest BCUT2D eigenvalue weighted by atomic mass is 32.1. The molecule has 0 saturated heterocycles. The minimum absolute atomic E-state index is 0.194. The van der Waals surface area contributed by atoms with E-state index >= 15 is 0 Å². The molecule has 0 saturated carbocycles. The zero-order valence-corrected chi connectivity index (χ0v) is 15.1. The van der Waals surface area contributed by atoms with E-state index in [2.05, 4.69) is 41.5 Å². The fourth-order valence-electron chi connectivity index (χ4n) is 2.84. The Labute approximate surface area is 143 Å². The SMILES string of the molecule is CCN(CC)C(=O)C(c1ccccc1)N(CC)Cc1cccs1. The van der Waals surface area contributed by atoms with Crippen LogP contribution in [0, 0.1) is 0 Å². The van der Waals surface area contributed by atoms with E-state index in [-0.39, 0.29) is 11.9 Å². The van der Waals surface area contributed by atoms with Gasteiger partial charge in [-0.15, -0.1) is 11.3 Å². The topological polar surface area (TPSA) is 23.6 Å². The molecule has 4 heteroatoms. The summed E-state index contributed by atoms with van der Waals surface area (Å²) >= 11 is 1.74. The van der Waals surface area contributed by atoms with E-state index in [9.17, 15) is 4.79 Å². The normalized spacial score (nSPS) is 12.3. The van der Waals surface area contributed by atoms with Crippen LogP contribution in [-0.4, -0.2) is 35.3 Å². The number of hydrogen-bond acceptors (Lipinski definition) is 3. The molecule has 1 aromatic heterocycles. The molecule has 124 valence electrons. The van der Waals surface area contributed by atoms with E-state index in [1.165, 1.54) is 4.88 Å². The maximum atomic E-state index is 13.1. The Kier molecular flexibility index (Phi) is 6.81. The second-order valence-corrected chi connectivity index (χ2v) is 6.50. The third-order valence-corrected chi connectivity index (χ3v) is 5.00. The number of thiophene rings is 1. The number of likely N-dealkylation sites (N-methyl/N-ethyl adjacent to an activating group) is 2. The molecule has 2 aromatic rings. The lowest BCUT2D eigenvalue weighted by atomic mass is 10.0. The second kappa shape index (κ2) is 8.85. The van der Waals surface area contributed by atoms with Gasteiger partial charge in [-0.3, -0.25) is 9.69 Å². The summed E-state index contributed by atoms with van der Waals surface area (Å²) < 4.78 is 0. The van der Waals surface area contributed by atoms with E-state index in [0.717, 1.165) is 31.7 Å². The van der Waals surface area contributed by atoms with Crippen LogP contribution >= 0.6 is 11.3 Å². The van der Waals surface area contributed by atoms with E-state index in [1.54, 1.807) is 11.3 Å². The fraction of sp³-hybridized carbons (Fsp3) is 0.421. The highest BCUT2D eigenvalue weighted by Gasteiger charge is 2.29. The minimum Gasteiger partial charge on any atom is -0.342 e. The lowest BCUT2D eigenvalue weighted by molar-refractivity contribution is -0.137. The molecule has 0 radical (unpaired) electrons. The van der Waals surface area contributed by atoms with Crippen molar-refractivity contribution < 1.29 is 4.79 Å². The van der Waals surface area contributed by atoms with Crippen LogP contribution in [0.15, 0.2) is 47.8 Å². The van der Waals surface area contributed by atoms with Crippen molar-refractivity contribution in [3.63, 3.8) is 0 Å². The van der Waals surface area contributed by atoms with Gasteiger partial charge < -0.3 is 4.90 Å². The third kappa shape index (κ3) is 4.43. The van der Waals surface area contributed by atoms with Crippen molar-refractivity contribution in [3.05, 3.63) is 58.3 Å². The molecular weight excluding hydrogens is 304 g/mol. The first kappa shape index (κ1) is 17.7. The molecule has 0 fully saturated rings. The Morgan fingerprint density at radius 1 is 1.00 bits per heavy atom. The molecular formula is C19H26N2OS. The lowest BCUT2D eigenvalue weighted by Gasteiger charge is -2.33. The van der Waals surface area contributed by atoms with Crippen LogP contribution in [0.2, 0.25) is 0 Å². The standard InChI is InChI=1S/C19H26N2OS/c1-4-20(5-2)19(22)18(16-11-8-7-9-12-16)21(6-3)15-17-13-10-14-23-17/h7-14,18H,4-6,15H2,1-3H3. The molecule has 23 heavy (non-hydrogen) atoms. The van der Waals surface area contributed by atoms with Gasteiger partial charge in [0.1, 0.15) is 6.04 Å². The number of rotatable bonds is 8. The highest BCUT2D eigenvalue weighted by molar-refractivity contribution is 7.09. The first-order valence-corrected chi connectivity index (χ1v) is 9.19. The molecule has 0 N–H and O–H groups in total. The Bertz CT molecular complexity index is 579. The van der Waals surface area contributed by atoms with Crippen LogP contribution in [0.5, 0.6) is 0 Å². The summed E-state index contributed by atoms with van der Waals surface area (Å²) in [7, 11) is 0. The number of hydrogen-bond donors (Lipinski definition) is 0. The van der Waals surface area contributed by atoms with Crippen LogP contribution < -0.4 is 0 Å².